The van der Waals surface area contributed by atoms with Gasteiger partial charge >= 0.3 is 0 Å². The molecule has 0 spiro atoms. The van der Waals surface area contributed by atoms with Crippen molar-refractivity contribution in [1.29, 1.82) is 0 Å². The summed E-state index contributed by atoms with van der Waals surface area (Å²) in [6, 6.07) is 7.74. The average Bonchev–Trinajstić information content (AvgIpc) is 3.51. The van der Waals surface area contributed by atoms with Gasteiger partial charge in [0.25, 0.3) is 11.5 Å². The van der Waals surface area contributed by atoms with Crippen molar-refractivity contribution in [2.75, 3.05) is 33.4 Å². The van der Waals surface area contributed by atoms with Gasteiger partial charge < -0.3 is 25.0 Å². The summed E-state index contributed by atoms with van der Waals surface area (Å²) in [7, 11) is 1.50. The predicted octanol–water partition coefficient (Wildman–Crippen LogP) is 2.82. The number of nitrogens with zero attached hydrogens (tertiary/aromatic N) is 3. The minimum Gasteiger partial charge on any atom is -0.494 e. The van der Waals surface area contributed by atoms with E-state index < -0.39 is 0 Å². The van der Waals surface area contributed by atoms with Crippen LogP contribution in [0.1, 0.15) is 35.8 Å². The van der Waals surface area contributed by atoms with Gasteiger partial charge in [-0.1, -0.05) is 25.6 Å². The maximum atomic E-state index is 13.7. The van der Waals surface area contributed by atoms with Crippen molar-refractivity contribution >= 4 is 38.2 Å². The zero-order valence-electron chi connectivity index (χ0n) is 18.9. The Balaban J connectivity index is 0.00000289. The smallest absolute Gasteiger partial charge is 0.265 e. The Bertz CT molecular complexity index is 1370. The molecule has 0 saturated carbocycles. The van der Waals surface area contributed by atoms with Crippen molar-refractivity contribution < 1.29 is 14.6 Å². The normalized spacial score (nSPS) is 14.8. The van der Waals surface area contributed by atoms with Crippen LogP contribution in [-0.2, 0) is 6.54 Å². The Morgan fingerprint density at radius 2 is 2.09 bits per heavy atom. The van der Waals surface area contributed by atoms with E-state index in [1.165, 1.54) is 18.4 Å². The van der Waals surface area contributed by atoms with Crippen molar-refractivity contribution in [2.24, 2.45) is 0 Å². The summed E-state index contributed by atoms with van der Waals surface area (Å²) in [5, 5.41) is 13.6. The second-order valence-corrected chi connectivity index (χ2v) is 9.45. The van der Waals surface area contributed by atoms with Crippen LogP contribution >= 0.6 is 11.3 Å². The second kappa shape index (κ2) is 10.6. The number of benzene rings is 1. The molecule has 1 aromatic carbocycles. The number of fused-ring (bicyclic) bond motifs is 3. The van der Waals surface area contributed by atoms with Crippen molar-refractivity contribution in [3.63, 3.8) is 0 Å². The largest absolute Gasteiger partial charge is 0.494 e. The van der Waals surface area contributed by atoms with Crippen LogP contribution in [0.2, 0.25) is 0 Å². The van der Waals surface area contributed by atoms with Gasteiger partial charge in [-0.3, -0.25) is 14.2 Å². The highest BCUT2D eigenvalue weighted by molar-refractivity contribution is 7.22. The fourth-order valence-corrected chi connectivity index (χ4v) is 5.87. The number of piperidine rings is 1. The van der Waals surface area contributed by atoms with Crippen molar-refractivity contribution in [3.8, 4) is 5.75 Å². The molecule has 0 atom stereocenters. The quantitative estimate of drug-likeness (QED) is 0.362. The Hall–Kier alpha value is -3.21. The van der Waals surface area contributed by atoms with E-state index in [1.54, 1.807) is 17.0 Å². The molecule has 1 amide bonds. The highest BCUT2D eigenvalue weighted by Crippen LogP contribution is 2.39. The SMILES string of the molecule is C.COc1c(C(=O)NC2CCN(CCO)CC2)sc2c1c(=O)n(Cc1ncc[nH]1)c1ccccc21. The van der Waals surface area contributed by atoms with Crippen molar-refractivity contribution in [3.05, 3.63) is 57.7 Å². The van der Waals surface area contributed by atoms with Crippen LogP contribution in [0.25, 0.3) is 21.0 Å². The van der Waals surface area contributed by atoms with Gasteiger partial charge in [0.2, 0.25) is 0 Å². The molecule has 0 radical (unpaired) electrons. The number of rotatable bonds is 7. The number of carbonyl (C=O) groups excluding carboxylic acids is 1. The number of pyridine rings is 1. The molecule has 5 rings (SSSR count). The summed E-state index contributed by atoms with van der Waals surface area (Å²) in [4.78, 5) is 36.9. The number of likely N-dealkylation sites (tertiary alicyclic amines) is 1. The molecule has 4 heterocycles. The number of aromatic amines is 1. The number of nitrogens with one attached hydrogen (secondary N) is 2. The Kier molecular flexibility index (Phi) is 7.54. The van der Waals surface area contributed by atoms with Crippen LogP contribution in [0.5, 0.6) is 5.75 Å². The molecule has 186 valence electrons. The van der Waals surface area contributed by atoms with E-state index >= 15 is 0 Å². The lowest BCUT2D eigenvalue weighted by molar-refractivity contribution is 0.0904. The number of β-amino-alcohol motifs (C(OH)–C–C–N with tert-alkyl or cyclic N) is 1. The molecule has 4 aromatic rings. The van der Waals surface area contributed by atoms with E-state index in [1.807, 2.05) is 24.3 Å². The van der Waals surface area contributed by atoms with E-state index in [0.29, 0.717) is 28.4 Å². The number of aliphatic hydroxyl groups is 1. The number of hydrogen-bond donors (Lipinski definition) is 3. The van der Waals surface area contributed by atoms with Crippen LogP contribution in [0.4, 0.5) is 0 Å². The lowest BCUT2D eigenvalue weighted by Gasteiger charge is -2.31. The zero-order valence-corrected chi connectivity index (χ0v) is 19.7. The van der Waals surface area contributed by atoms with E-state index in [-0.39, 0.29) is 38.1 Å². The van der Waals surface area contributed by atoms with Crippen molar-refractivity contribution in [1.82, 2.24) is 24.8 Å². The molecule has 1 aliphatic rings. The van der Waals surface area contributed by atoms with Crippen LogP contribution in [0, 0.1) is 0 Å². The number of amides is 1. The molecule has 9 nitrogen and oxygen atoms in total. The number of para-hydroxylation sites is 1. The number of hydrogen-bond acceptors (Lipinski definition) is 7. The Morgan fingerprint density at radius 3 is 2.77 bits per heavy atom. The lowest BCUT2D eigenvalue weighted by Crippen LogP contribution is -2.45. The molecule has 3 N–H and O–H groups in total. The molecule has 0 bridgehead atoms. The monoisotopic (exact) mass is 497 g/mol. The van der Waals surface area contributed by atoms with E-state index in [2.05, 4.69) is 20.2 Å². The molecule has 10 heteroatoms. The molecule has 0 unspecified atom stereocenters. The minimum atomic E-state index is -0.222. The number of H-pyrrole nitrogens is 1. The van der Waals surface area contributed by atoms with E-state index in [9.17, 15) is 9.59 Å². The van der Waals surface area contributed by atoms with E-state index in [4.69, 9.17) is 9.84 Å². The molecule has 1 aliphatic heterocycles. The third-order valence-electron chi connectivity index (χ3n) is 6.38. The first-order valence-corrected chi connectivity index (χ1v) is 12.2. The average molecular weight is 498 g/mol. The third kappa shape index (κ3) is 4.69. The van der Waals surface area contributed by atoms with Crippen molar-refractivity contribution in [2.45, 2.75) is 32.9 Å². The van der Waals surface area contributed by atoms with Gasteiger partial charge in [0.05, 0.1) is 30.5 Å². The fourth-order valence-electron chi connectivity index (χ4n) is 4.67. The highest BCUT2D eigenvalue weighted by Gasteiger charge is 2.27. The number of aromatic nitrogens is 3. The van der Waals surface area contributed by atoms with Gasteiger partial charge in [0, 0.05) is 43.5 Å². The number of imidazole rings is 1. The summed E-state index contributed by atoms with van der Waals surface area (Å²) < 4.78 is 8.07. The Labute approximate surface area is 207 Å². The van der Waals surface area contributed by atoms with Gasteiger partial charge in [0.15, 0.2) is 5.75 Å². The lowest BCUT2D eigenvalue weighted by atomic mass is 10.0. The third-order valence-corrected chi connectivity index (χ3v) is 7.58. The van der Waals surface area contributed by atoms with Crippen LogP contribution in [0.3, 0.4) is 0 Å². The molecule has 3 aromatic heterocycles. The summed E-state index contributed by atoms with van der Waals surface area (Å²) in [5.74, 6) is 0.769. The second-order valence-electron chi connectivity index (χ2n) is 8.43. The first-order valence-electron chi connectivity index (χ1n) is 11.3. The predicted molar refractivity (Wildman–Crippen MR) is 139 cm³/mol. The molecule has 1 fully saturated rings. The number of methoxy groups -OCH3 is 1. The fraction of sp³-hybridized carbons (Fsp3) is 0.400. The molecule has 35 heavy (non-hydrogen) atoms. The van der Waals surface area contributed by atoms with Gasteiger partial charge in [-0.2, -0.15) is 0 Å². The first kappa shape index (κ1) is 24.9. The van der Waals surface area contributed by atoms with E-state index in [0.717, 1.165) is 41.5 Å². The summed E-state index contributed by atoms with van der Waals surface area (Å²) in [6.07, 6.45) is 5.02. The maximum absolute atomic E-state index is 13.7. The molecular formula is C25H31N5O4S. The van der Waals surface area contributed by atoms with Crippen LogP contribution < -0.4 is 15.6 Å². The number of aliphatic hydroxyl groups excluding tert-OH is 1. The molecule has 0 aliphatic carbocycles. The first-order chi connectivity index (χ1) is 16.6. The maximum Gasteiger partial charge on any atom is 0.265 e. The zero-order chi connectivity index (χ0) is 23.7. The van der Waals surface area contributed by atoms with Gasteiger partial charge in [0.1, 0.15) is 16.1 Å². The summed E-state index contributed by atoms with van der Waals surface area (Å²) in [5.41, 5.74) is 0.568. The Morgan fingerprint density at radius 1 is 1.31 bits per heavy atom. The highest BCUT2D eigenvalue weighted by atomic mass is 32.1. The summed E-state index contributed by atoms with van der Waals surface area (Å²) >= 11 is 1.30. The van der Waals surface area contributed by atoms with Crippen LogP contribution in [0.15, 0.2) is 41.5 Å². The van der Waals surface area contributed by atoms with Gasteiger partial charge in [-0.25, -0.2) is 4.98 Å². The van der Waals surface area contributed by atoms with Crippen LogP contribution in [-0.4, -0.2) is 69.8 Å². The minimum absolute atomic E-state index is 0. The number of carbonyl (C=O) groups is 1. The standard InChI is InChI=1S/C24H27N5O4S.CH4/c1-33-20-19-21(34-22(20)23(31)27-15-6-10-28(11-7-15)12-13-30)16-4-2-3-5-17(16)29(24(19)32)14-18-25-8-9-26-18;/h2-5,8-9,15,30H,6-7,10-14H2,1H3,(H,25,26)(H,27,31);1H4. The van der Waals surface area contributed by atoms with Gasteiger partial charge in [-0.05, 0) is 18.9 Å². The van der Waals surface area contributed by atoms with Gasteiger partial charge in [-0.15, -0.1) is 11.3 Å². The summed E-state index contributed by atoms with van der Waals surface area (Å²) in [6.45, 7) is 2.74. The topological polar surface area (TPSA) is 112 Å². The number of thiophene rings is 1. The molecule has 1 saturated heterocycles. The number of ether oxygens (including phenoxy) is 1. The molecular weight excluding hydrogens is 466 g/mol.